The Balaban J connectivity index is 1.22. The molecule has 0 aliphatic rings. The number of phenolic OH excluding ortho intramolecular Hbond substituents is 2. The number of nitrogens with one attached hydrogen (secondary N) is 2. The number of amides is 1. The Morgan fingerprint density at radius 3 is 2.04 bits per heavy atom. The summed E-state index contributed by atoms with van der Waals surface area (Å²) in [6.45, 7) is 1.28. The fourth-order valence-corrected chi connectivity index (χ4v) is 11.6. The van der Waals surface area contributed by atoms with Crippen LogP contribution in [0, 0.1) is 6.92 Å². The summed E-state index contributed by atoms with van der Waals surface area (Å²) in [5.74, 6) is -5.13. The average molecular weight is 1260 g/mol. The first-order chi connectivity index (χ1) is 37.2. The molecule has 7 rings (SSSR count). The predicted molar refractivity (Wildman–Crippen MR) is 286 cm³/mol. The van der Waals surface area contributed by atoms with Gasteiger partial charge in [-0.2, -0.15) is 53.7 Å². The summed E-state index contributed by atoms with van der Waals surface area (Å²) in [5.41, 5.74) is -1.96. The van der Waals surface area contributed by atoms with Crippen molar-refractivity contribution in [3.8, 4) is 11.5 Å². The van der Waals surface area contributed by atoms with Crippen LogP contribution < -0.4 is 15.5 Å². The number of benzene rings is 6. The quantitative estimate of drug-likeness (QED) is 0.0203. The van der Waals surface area contributed by atoms with Crippen molar-refractivity contribution in [2.45, 2.75) is 26.5 Å². The number of hydrogen-bond acceptors (Lipinski definition) is 25. The van der Waals surface area contributed by atoms with E-state index in [1.807, 2.05) is 0 Å². The summed E-state index contributed by atoms with van der Waals surface area (Å²) in [5, 5.41) is 42.9. The zero-order valence-electron chi connectivity index (χ0n) is 40.1. The molecule has 0 aliphatic carbocycles. The average Bonchev–Trinajstić information content (AvgIpc) is 3.56. The third-order valence-electron chi connectivity index (χ3n) is 10.6. The molecular weight excluding hydrogens is 1230 g/mol. The van der Waals surface area contributed by atoms with Gasteiger partial charge in [0.2, 0.25) is 32.9 Å². The minimum Gasteiger partial charge on any atom is -0.505 e. The van der Waals surface area contributed by atoms with Crippen molar-refractivity contribution in [1.29, 1.82) is 0 Å². The third kappa shape index (κ3) is 14.7. The summed E-state index contributed by atoms with van der Waals surface area (Å²) in [7, 11) is -23.3. The molecule has 0 saturated carbocycles. The van der Waals surface area contributed by atoms with Crippen LogP contribution in [0.4, 0.5) is 51.7 Å². The second kappa shape index (κ2) is 23.6. The molecule has 7 aromatic rings. The second-order valence-corrected chi connectivity index (χ2v) is 25.2. The summed E-state index contributed by atoms with van der Waals surface area (Å²) in [6.07, 6.45) is 0. The molecule has 1 unspecified atom stereocenters. The van der Waals surface area contributed by atoms with Crippen molar-refractivity contribution in [2.75, 3.05) is 46.8 Å². The molecule has 0 bridgehead atoms. The highest BCUT2D eigenvalue weighted by atomic mass is 35.5. The Hall–Kier alpha value is -7.04. The smallest absolute Gasteiger partial charge is 0.398 e. The first kappa shape index (κ1) is 60.6. The lowest BCUT2D eigenvalue weighted by atomic mass is 10.0. The molecule has 0 aliphatic heterocycles. The number of sulfone groups is 1. The molecule has 1 aromatic heterocycles. The van der Waals surface area contributed by atoms with Crippen molar-refractivity contribution in [2.24, 2.45) is 20.5 Å². The summed E-state index contributed by atoms with van der Waals surface area (Å²) in [4.78, 5) is 23.4. The molecule has 0 saturated heterocycles. The summed E-state index contributed by atoms with van der Waals surface area (Å²) in [6, 6.07) is 15.1. The Morgan fingerprint density at radius 1 is 0.725 bits per heavy atom. The highest BCUT2D eigenvalue weighted by Gasteiger charge is 2.26. The van der Waals surface area contributed by atoms with E-state index in [4.69, 9.17) is 31.9 Å². The largest absolute Gasteiger partial charge is 0.505 e. The maximum atomic E-state index is 12.7. The van der Waals surface area contributed by atoms with Crippen LogP contribution in [-0.2, 0) is 74.8 Å². The fraction of sp³-hybridized carbons (Fsp3) is 0.143. The molecule has 0 fully saturated rings. The molecule has 6 aromatic carbocycles. The van der Waals surface area contributed by atoms with E-state index in [1.54, 1.807) is 0 Å². The second-order valence-electron chi connectivity index (χ2n) is 16.1. The topological polar surface area (TPSA) is 460 Å². The molecule has 38 heteroatoms. The first-order valence-corrected chi connectivity index (χ1v) is 31.0. The van der Waals surface area contributed by atoms with E-state index in [0.717, 1.165) is 60.7 Å². The van der Waals surface area contributed by atoms with Crippen molar-refractivity contribution in [3.05, 3.63) is 95.8 Å². The number of alkyl halides is 1. The summed E-state index contributed by atoms with van der Waals surface area (Å²) >= 11 is 9.79. The number of carbonyl (C=O) groups is 1. The van der Waals surface area contributed by atoms with Crippen molar-refractivity contribution in [1.82, 2.24) is 15.0 Å². The number of fused-ring (bicyclic) bond motifs is 2. The van der Waals surface area contributed by atoms with E-state index in [0.29, 0.717) is 0 Å². The van der Waals surface area contributed by atoms with E-state index < -0.39 is 133 Å². The monoisotopic (exact) mass is 1260 g/mol. The first-order valence-electron chi connectivity index (χ1n) is 21.5. The van der Waals surface area contributed by atoms with Gasteiger partial charge < -0.3 is 25.7 Å². The van der Waals surface area contributed by atoms with Crippen LogP contribution in [0.1, 0.15) is 5.56 Å². The van der Waals surface area contributed by atoms with E-state index in [-0.39, 0.29) is 74.0 Å². The Labute approximate surface area is 465 Å². The van der Waals surface area contributed by atoms with Gasteiger partial charge >= 0.3 is 10.4 Å². The number of aryl methyl sites for hydroxylation is 1. The maximum absolute atomic E-state index is 12.7. The van der Waals surface area contributed by atoms with Gasteiger partial charge in [-0.15, -0.1) is 26.9 Å². The normalized spacial score (nSPS) is 13.1. The van der Waals surface area contributed by atoms with Gasteiger partial charge in [0.25, 0.3) is 30.4 Å². The number of rotatable bonds is 21. The van der Waals surface area contributed by atoms with Gasteiger partial charge in [0.1, 0.15) is 32.6 Å². The van der Waals surface area contributed by atoms with Crippen LogP contribution in [-0.4, -0.2) is 127 Å². The van der Waals surface area contributed by atoms with Crippen LogP contribution in [0.2, 0.25) is 5.28 Å². The molecule has 424 valence electrons. The lowest BCUT2D eigenvalue weighted by Crippen LogP contribution is -2.21. The number of azo groups is 2. The number of hydrogen-bond donors (Lipinski definition) is 8. The van der Waals surface area contributed by atoms with Crippen LogP contribution in [0.15, 0.2) is 125 Å². The maximum Gasteiger partial charge on any atom is 0.398 e. The lowest BCUT2D eigenvalue weighted by Gasteiger charge is -2.19. The molecule has 0 radical (unpaired) electrons. The van der Waals surface area contributed by atoms with Gasteiger partial charge in [0, 0.05) is 35.1 Å². The minimum atomic E-state index is -5.18. The Bertz CT molecular complexity index is 4350. The number of aromatic nitrogens is 3. The van der Waals surface area contributed by atoms with E-state index >= 15 is 0 Å². The number of phenols is 2. The van der Waals surface area contributed by atoms with Crippen LogP contribution in [0.5, 0.6) is 11.5 Å². The SMILES string of the molecule is Cc1cc2cc(S(=O)(=O)O)cc(Nc3nc(Cl)nc(N(C)c4ccc5c(O)c(N=Nc6ccc(S(=O)(=O)COS(=O)(=O)O)cc6)c(S(=O)(=O)O)cc5c4)n3)c2c(O)c1N=Nc1cc(NC(=O)CS(=O)OCCCl)ccc1S(=O)(=O)O. The van der Waals surface area contributed by atoms with Gasteiger partial charge in [0.05, 0.1) is 27.8 Å². The van der Waals surface area contributed by atoms with Gasteiger partial charge in [-0.05, 0) is 120 Å². The number of halogens is 2. The molecule has 0 spiro atoms. The lowest BCUT2D eigenvalue weighted by molar-refractivity contribution is -0.113. The molecule has 1 heterocycles. The molecule has 8 N–H and O–H groups in total. The number of carbonyl (C=O) groups excluding carboxylic acids is 1. The fourth-order valence-electron chi connectivity index (χ4n) is 7.10. The van der Waals surface area contributed by atoms with Gasteiger partial charge in [-0.3, -0.25) is 27.2 Å². The number of nitrogens with zero attached hydrogens (tertiary/aromatic N) is 8. The van der Waals surface area contributed by atoms with E-state index in [2.05, 4.69) is 50.2 Å². The zero-order chi connectivity index (χ0) is 58.9. The van der Waals surface area contributed by atoms with Crippen LogP contribution in [0.3, 0.4) is 0 Å². The third-order valence-corrected chi connectivity index (χ3v) is 16.5. The molecular formula is C42H36Cl2N10O20S6. The number of aromatic hydroxyl groups is 2. The Morgan fingerprint density at radius 2 is 1.40 bits per heavy atom. The minimum absolute atomic E-state index is 0.0000140. The predicted octanol–water partition coefficient (Wildman–Crippen LogP) is 7.04. The van der Waals surface area contributed by atoms with Crippen molar-refractivity contribution < 1.29 is 87.9 Å². The highest BCUT2D eigenvalue weighted by molar-refractivity contribution is 7.92. The number of anilines is 5. The highest BCUT2D eigenvalue weighted by Crippen LogP contribution is 2.46. The van der Waals surface area contributed by atoms with Crippen molar-refractivity contribution >= 4 is 164 Å². The van der Waals surface area contributed by atoms with Crippen molar-refractivity contribution in [3.63, 3.8) is 0 Å². The van der Waals surface area contributed by atoms with Gasteiger partial charge in [-0.1, -0.05) is 0 Å². The Kier molecular flexibility index (Phi) is 17.9. The molecule has 1 amide bonds. The molecule has 30 nitrogen and oxygen atoms in total. The van der Waals surface area contributed by atoms with Crippen LogP contribution in [0.25, 0.3) is 21.5 Å². The molecule has 1 atom stereocenters. The van der Waals surface area contributed by atoms with Gasteiger partial charge in [-0.25, -0.2) is 16.8 Å². The summed E-state index contributed by atoms with van der Waals surface area (Å²) < 4.78 is 182. The standard InChI is InChI=1S/C42H36Cl2N10O20S6/c1-21-13-23-15-28(77(61,62)63)18-31(35(23)39(57)36(21)52-51-30-17-25(5-10-32(30)78(64,65)66)45-34(55)19-75(58)73-12-11-43)46-41-47-40(44)48-42(49-41)54(2)26-6-9-29-22(14-26)16-33(79(67,68)69)37(38(29)56)53-50-24-3-7-27(8-4-24)76(59,60)20-74-80(70,71)72/h3-10,13-18,56-57H,11-12,19-20H2,1-2H3,(H,45,55)(H,61,62,63)(H,64,65,66)(H,67,68,69)(H,70,71,72)(H,46,47,48,49). The van der Waals surface area contributed by atoms with E-state index in [9.17, 15) is 75.0 Å². The van der Waals surface area contributed by atoms with E-state index in [1.165, 1.54) is 43.1 Å². The van der Waals surface area contributed by atoms with Crippen LogP contribution >= 0.6 is 23.2 Å². The molecule has 80 heavy (non-hydrogen) atoms. The zero-order valence-corrected chi connectivity index (χ0v) is 46.5. The van der Waals surface area contributed by atoms with Gasteiger partial charge in [0.15, 0.2) is 28.5 Å².